The summed E-state index contributed by atoms with van der Waals surface area (Å²) in [6, 6.07) is 15.7. The molecule has 0 aliphatic carbocycles. The Morgan fingerprint density at radius 2 is 1.96 bits per heavy atom. The summed E-state index contributed by atoms with van der Waals surface area (Å²) in [4.78, 5) is 28.7. The van der Waals surface area contributed by atoms with Gasteiger partial charge in [-0.05, 0) is 36.1 Å². The number of para-hydroxylation sites is 1. The van der Waals surface area contributed by atoms with Gasteiger partial charge in [0.15, 0.2) is 0 Å². The van der Waals surface area contributed by atoms with Crippen LogP contribution in [0.5, 0.6) is 5.75 Å². The van der Waals surface area contributed by atoms with E-state index in [1.807, 2.05) is 43.3 Å². The molecule has 7 nitrogen and oxygen atoms in total. The largest absolute Gasteiger partial charge is 0.492 e. The summed E-state index contributed by atoms with van der Waals surface area (Å²) in [5.74, 6) is 1.23. The topological polar surface area (TPSA) is 86.1 Å². The van der Waals surface area contributed by atoms with Crippen molar-refractivity contribution in [3.8, 4) is 5.75 Å². The normalized spacial score (nSPS) is 10.5. The maximum atomic E-state index is 12.4. The standard InChI is InChI=1S/C20H20N4O3S/c1-2-28-18-10-8-15(14-21-18)22-20(26)17-9-11-19(25)24(23-17)12-13-27-16-6-4-3-5-7-16/h3-11,14H,2,12-13H2,1H3,(H,22,26). The Labute approximate surface area is 166 Å². The minimum absolute atomic E-state index is 0.145. The van der Waals surface area contributed by atoms with Crippen LogP contribution in [0.15, 0.2) is 70.6 Å². The third-order valence-corrected chi connectivity index (χ3v) is 4.53. The number of carbonyl (C=O) groups is 1. The maximum absolute atomic E-state index is 12.4. The average molecular weight is 396 g/mol. The molecular formula is C20H20N4O3S. The van der Waals surface area contributed by atoms with Gasteiger partial charge in [-0.2, -0.15) is 5.10 Å². The molecule has 0 fully saturated rings. The van der Waals surface area contributed by atoms with E-state index >= 15 is 0 Å². The number of aromatic nitrogens is 3. The molecule has 8 heteroatoms. The first kappa shape index (κ1) is 19.6. The van der Waals surface area contributed by atoms with Crippen molar-refractivity contribution in [2.75, 3.05) is 17.7 Å². The fourth-order valence-corrected chi connectivity index (χ4v) is 2.97. The number of carbonyl (C=O) groups excluding carboxylic acids is 1. The second-order valence-electron chi connectivity index (χ2n) is 5.71. The summed E-state index contributed by atoms with van der Waals surface area (Å²) < 4.78 is 6.80. The van der Waals surface area contributed by atoms with Crippen molar-refractivity contribution in [3.05, 3.63) is 76.8 Å². The molecule has 1 amide bonds. The zero-order chi connectivity index (χ0) is 19.8. The molecule has 1 aromatic carbocycles. The number of rotatable bonds is 8. The van der Waals surface area contributed by atoms with Gasteiger partial charge in [0.1, 0.15) is 18.1 Å². The molecule has 144 valence electrons. The average Bonchev–Trinajstić information content (AvgIpc) is 2.72. The van der Waals surface area contributed by atoms with E-state index < -0.39 is 5.91 Å². The summed E-state index contributed by atoms with van der Waals surface area (Å²) in [6.45, 7) is 2.55. The Morgan fingerprint density at radius 1 is 1.14 bits per heavy atom. The van der Waals surface area contributed by atoms with Gasteiger partial charge < -0.3 is 10.1 Å². The highest BCUT2D eigenvalue weighted by molar-refractivity contribution is 7.99. The van der Waals surface area contributed by atoms with Crippen molar-refractivity contribution >= 4 is 23.4 Å². The lowest BCUT2D eigenvalue weighted by Crippen LogP contribution is -2.28. The van der Waals surface area contributed by atoms with E-state index in [4.69, 9.17) is 4.74 Å². The molecule has 28 heavy (non-hydrogen) atoms. The molecule has 3 rings (SSSR count). The predicted molar refractivity (Wildman–Crippen MR) is 109 cm³/mol. The third kappa shape index (κ3) is 5.43. The van der Waals surface area contributed by atoms with E-state index in [1.165, 1.54) is 16.8 Å². The van der Waals surface area contributed by atoms with Crippen LogP contribution in [0.25, 0.3) is 0 Å². The Hall–Kier alpha value is -3.13. The van der Waals surface area contributed by atoms with Crippen LogP contribution in [-0.2, 0) is 6.54 Å². The lowest BCUT2D eigenvalue weighted by Gasteiger charge is -2.09. The monoisotopic (exact) mass is 396 g/mol. The van der Waals surface area contributed by atoms with Crippen LogP contribution in [0, 0.1) is 0 Å². The number of anilines is 1. The fraction of sp³-hybridized carbons (Fsp3) is 0.200. The van der Waals surface area contributed by atoms with Crippen molar-refractivity contribution in [1.82, 2.24) is 14.8 Å². The van der Waals surface area contributed by atoms with E-state index in [9.17, 15) is 9.59 Å². The smallest absolute Gasteiger partial charge is 0.276 e. The van der Waals surface area contributed by atoms with Crippen LogP contribution in [-0.4, -0.2) is 33.0 Å². The second kappa shape index (κ2) is 9.70. The number of pyridine rings is 1. The molecule has 0 unspecified atom stereocenters. The highest BCUT2D eigenvalue weighted by atomic mass is 32.2. The van der Waals surface area contributed by atoms with E-state index in [0.29, 0.717) is 11.4 Å². The maximum Gasteiger partial charge on any atom is 0.276 e. The lowest BCUT2D eigenvalue weighted by molar-refractivity contribution is 0.101. The van der Waals surface area contributed by atoms with Crippen LogP contribution in [0.4, 0.5) is 5.69 Å². The molecule has 0 radical (unpaired) electrons. The van der Waals surface area contributed by atoms with Crippen molar-refractivity contribution in [2.45, 2.75) is 18.5 Å². The Morgan fingerprint density at radius 3 is 2.68 bits per heavy atom. The highest BCUT2D eigenvalue weighted by Gasteiger charge is 2.10. The Kier molecular flexibility index (Phi) is 6.80. The molecule has 2 aromatic heterocycles. The third-order valence-electron chi connectivity index (χ3n) is 3.70. The first-order chi connectivity index (χ1) is 13.7. The first-order valence-electron chi connectivity index (χ1n) is 8.82. The summed E-state index contributed by atoms with van der Waals surface area (Å²) in [5.41, 5.74) is 0.416. The molecule has 0 aliphatic heterocycles. The number of benzene rings is 1. The highest BCUT2D eigenvalue weighted by Crippen LogP contribution is 2.16. The molecular weight excluding hydrogens is 376 g/mol. The second-order valence-corrected chi connectivity index (χ2v) is 7.00. The van der Waals surface area contributed by atoms with Crippen molar-refractivity contribution in [1.29, 1.82) is 0 Å². The van der Waals surface area contributed by atoms with Gasteiger partial charge in [-0.3, -0.25) is 9.59 Å². The Bertz CT molecular complexity index is 975. The van der Waals surface area contributed by atoms with Crippen molar-refractivity contribution in [3.63, 3.8) is 0 Å². The first-order valence-corrected chi connectivity index (χ1v) is 9.80. The zero-order valence-corrected chi connectivity index (χ0v) is 16.2. The number of nitrogens with zero attached hydrogens (tertiary/aromatic N) is 3. The number of hydrogen-bond acceptors (Lipinski definition) is 6. The minimum atomic E-state index is -0.407. The molecule has 0 atom stereocenters. The quantitative estimate of drug-likeness (QED) is 0.589. The number of nitrogens with one attached hydrogen (secondary N) is 1. The van der Waals surface area contributed by atoms with Crippen LogP contribution < -0.4 is 15.6 Å². The van der Waals surface area contributed by atoms with Gasteiger partial charge in [-0.15, -0.1) is 11.8 Å². The van der Waals surface area contributed by atoms with E-state index in [-0.39, 0.29) is 24.4 Å². The molecule has 0 aliphatic rings. The summed E-state index contributed by atoms with van der Waals surface area (Å²) >= 11 is 1.62. The Balaban J connectivity index is 1.62. The van der Waals surface area contributed by atoms with E-state index in [1.54, 1.807) is 24.0 Å². The van der Waals surface area contributed by atoms with Crippen molar-refractivity contribution < 1.29 is 9.53 Å². The number of amides is 1. The molecule has 0 spiro atoms. The van der Waals surface area contributed by atoms with Gasteiger partial charge in [0, 0.05) is 6.07 Å². The lowest BCUT2D eigenvalue weighted by atomic mass is 10.3. The van der Waals surface area contributed by atoms with Crippen molar-refractivity contribution in [2.24, 2.45) is 0 Å². The molecule has 0 bridgehead atoms. The number of hydrogen-bond donors (Lipinski definition) is 1. The molecule has 2 heterocycles. The molecule has 0 saturated heterocycles. The predicted octanol–water partition coefficient (Wildman–Crippen LogP) is 3.08. The van der Waals surface area contributed by atoms with E-state index in [0.717, 1.165) is 10.8 Å². The van der Waals surface area contributed by atoms with Crippen LogP contribution in [0.1, 0.15) is 17.4 Å². The van der Waals surface area contributed by atoms with Crippen LogP contribution >= 0.6 is 11.8 Å². The summed E-state index contributed by atoms with van der Waals surface area (Å²) in [6.07, 6.45) is 1.60. The van der Waals surface area contributed by atoms with Crippen LogP contribution in [0.2, 0.25) is 0 Å². The summed E-state index contributed by atoms with van der Waals surface area (Å²) in [5, 5.41) is 7.76. The SMILES string of the molecule is CCSc1ccc(NC(=O)c2ccc(=O)n(CCOc3ccccc3)n2)cn1. The van der Waals surface area contributed by atoms with Gasteiger partial charge in [-0.25, -0.2) is 9.67 Å². The minimum Gasteiger partial charge on any atom is -0.492 e. The number of ether oxygens (including phenoxy) is 1. The molecule has 0 saturated carbocycles. The van der Waals surface area contributed by atoms with E-state index in [2.05, 4.69) is 15.4 Å². The van der Waals surface area contributed by atoms with Gasteiger partial charge in [0.2, 0.25) is 0 Å². The summed E-state index contributed by atoms with van der Waals surface area (Å²) in [7, 11) is 0. The van der Waals surface area contributed by atoms with Gasteiger partial charge >= 0.3 is 0 Å². The van der Waals surface area contributed by atoms with Gasteiger partial charge in [-0.1, -0.05) is 25.1 Å². The zero-order valence-electron chi connectivity index (χ0n) is 15.4. The van der Waals surface area contributed by atoms with Crippen LogP contribution in [0.3, 0.4) is 0 Å². The van der Waals surface area contributed by atoms with Gasteiger partial charge in [0.05, 0.1) is 23.5 Å². The molecule has 1 N–H and O–H groups in total. The van der Waals surface area contributed by atoms with Gasteiger partial charge in [0.25, 0.3) is 11.5 Å². The fourth-order valence-electron chi connectivity index (χ4n) is 2.38. The number of thioether (sulfide) groups is 1. The molecule has 3 aromatic rings.